The Labute approximate surface area is 163 Å². The summed E-state index contributed by atoms with van der Waals surface area (Å²) >= 11 is 0. The average molecular weight is 418 g/mol. The zero-order chi connectivity index (χ0) is 21.3. The molecule has 1 heterocycles. The highest BCUT2D eigenvalue weighted by Crippen LogP contribution is 2.50. The van der Waals surface area contributed by atoms with Gasteiger partial charge in [-0.05, 0) is 49.2 Å². The van der Waals surface area contributed by atoms with Crippen LogP contribution in [0.4, 0.5) is 32.0 Å². The molecule has 1 aliphatic heterocycles. The third kappa shape index (κ3) is 4.35. The zero-order valence-electron chi connectivity index (χ0n) is 15.2. The molecule has 0 aliphatic carbocycles. The maximum Gasteiger partial charge on any atom is 0.430 e. The molecule has 9 heteroatoms. The lowest BCUT2D eigenvalue weighted by Gasteiger charge is -2.32. The maximum absolute atomic E-state index is 13.0. The number of nitrogens with one attached hydrogen (secondary N) is 2. The molecular formula is C20H20F6N2O. The van der Waals surface area contributed by atoms with Gasteiger partial charge in [-0.1, -0.05) is 36.4 Å². The molecule has 2 aromatic rings. The van der Waals surface area contributed by atoms with E-state index < -0.39 is 23.5 Å². The predicted molar refractivity (Wildman–Crippen MR) is 97.4 cm³/mol. The van der Waals surface area contributed by atoms with Gasteiger partial charge in [0.1, 0.15) is 0 Å². The minimum atomic E-state index is -5.89. The lowest BCUT2D eigenvalue weighted by molar-refractivity contribution is -0.376. The summed E-state index contributed by atoms with van der Waals surface area (Å²) < 4.78 is 77.8. The van der Waals surface area contributed by atoms with E-state index in [0.717, 1.165) is 43.8 Å². The molecule has 29 heavy (non-hydrogen) atoms. The molecule has 3 rings (SSSR count). The maximum atomic E-state index is 13.0. The van der Waals surface area contributed by atoms with Crippen molar-refractivity contribution in [2.75, 3.05) is 18.4 Å². The number of piperidine rings is 1. The Morgan fingerprint density at radius 3 is 1.66 bits per heavy atom. The van der Waals surface area contributed by atoms with Crippen LogP contribution >= 0.6 is 0 Å². The molecule has 0 radical (unpaired) electrons. The van der Waals surface area contributed by atoms with Gasteiger partial charge in [-0.3, -0.25) is 0 Å². The van der Waals surface area contributed by atoms with Crippen LogP contribution in [0.25, 0.3) is 11.1 Å². The molecule has 1 aliphatic rings. The quantitative estimate of drug-likeness (QED) is 0.624. The molecule has 0 bridgehead atoms. The minimum Gasteiger partial charge on any atom is -0.382 e. The van der Waals surface area contributed by atoms with Crippen molar-refractivity contribution in [3.63, 3.8) is 0 Å². The van der Waals surface area contributed by atoms with Gasteiger partial charge >= 0.3 is 12.4 Å². The summed E-state index contributed by atoms with van der Waals surface area (Å²) in [4.78, 5) is 0. The summed E-state index contributed by atoms with van der Waals surface area (Å²) in [7, 11) is 0. The molecule has 3 nitrogen and oxygen atoms in total. The van der Waals surface area contributed by atoms with E-state index in [-0.39, 0.29) is 0 Å². The summed E-state index contributed by atoms with van der Waals surface area (Å²) in [6.45, 7) is 1.87. The van der Waals surface area contributed by atoms with Crippen LogP contribution in [0.15, 0.2) is 48.5 Å². The molecule has 0 amide bonds. The second kappa shape index (κ2) is 7.87. The van der Waals surface area contributed by atoms with E-state index >= 15 is 0 Å². The molecule has 0 saturated carbocycles. The number of hydrogen-bond donors (Lipinski definition) is 3. The van der Waals surface area contributed by atoms with E-state index in [9.17, 15) is 31.4 Å². The van der Waals surface area contributed by atoms with Crippen molar-refractivity contribution in [2.45, 2.75) is 36.8 Å². The summed E-state index contributed by atoms with van der Waals surface area (Å²) in [6.07, 6.45) is -9.81. The van der Waals surface area contributed by atoms with E-state index in [2.05, 4.69) is 10.6 Å². The first kappa shape index (κ1) is 21.4. The van der Waals surface area contributed by atoms with Gasteiger partial charge in [0.15, 0.2) is 0 Å². The van der Waals surface area contributed by atoms with Crippen LogP contribution in [-0.4, -0.2) is 36.6 Å². The minimum absolute atomic E-state index is 0.351. The number of anilines is 1. The van der Waals surface area contributed by atoms with Crippen molar-refractivity contribution in [1.82, 2.24) is 5.32 Å². The molecule has 0 spiro atoms. The molecule has 1 fully saturated rings. The lowest BCUT2D eigenvalue weighted by atomic mass is 9.90. The van der Waals surface area contributed by atoms with E-state index in [0.29, 0.717) is 29.3 Å². The van der Waals surface area contributed by atoms with Crippen molar-refractivity contribution in [2.24, 2.45) is 0 Å². The summed E-state index contributed by atoms with van der Waals surface area (Å²) in [5, 5.41) is 16.1. The van der Waals surface area contributed by atoms with Gasteiger partial charge in [-0.2, -0.15) is 26.3 Å². The van der Waals surface area contributed by atoms with Crippen molar-refractivity contribution < 1.29 is 31.4 Å². The predicted octanol–water partition coefficient (Wildman–Crippen LogP) is 4.83. The number of aliphatic hydroxyl groups is 1. The molecule has 0 aromatic heterocycles. The monoisotopic (exact) mass is 418 g/mol. The number of benzene rings is 2. The molecular weight excluding hydrogens is 398 g/mol. The highest BCUT2D eigenvalue weighted by molar-refractivity contribution is 5.66. The van der Waals surface area contributed by atoms with E-state index in [1.807, 2.05) is 12.1 Å². The number of alkyl halides is 6. The normalized spacial score (nSPS) is 16.7. The van der Waals surface area contributed by atoms with Gasteiger partial charge in [0.25, 0.3) is 5.60 Å². The molecule has 0 atom stereocenters. The third-order valence-corrected chi connectivity index (χ3v) is 5.05. The van der Waals surface area contributed by atoms with Crippen LogP contribution in [0.3, 0.4) is 0 Å². The van der Waals surface area contributed by atoms with Gasteiger partial charge < -0.3 is 15.7 Å². The first-order chi connectivity index (χ1) is 13.5. The molecule has 0 unspecified atom stereocenters. The molecule has 3 N–H and O–H groups in total. The van der Waals surface area contributed by atoms with E-state index in [4.69, 9.17) is 0 Å². The molecule has 158 valence electrons. The smallest absolute Gasteiger partial charge is 0.382 e. The van der Waals surface area contributed by atoms with Gasteiger partial charge in [0.2, 0.25) is 0 Å². The van der Waals surface area contributed by atoms with Crippen LogP contribution in [0.2, 0.25) is 0 Å². The van der Waals surface area contributed by atoms with Crippen molar-refractivity contribution in [1.29, 1.82) is 0 Å². The Morgan fingerprint density at radius 1 is 0.759 bits per heavy atom. The average Bonchev–Trinajstić information content (AvgIpc) is 2.67. The third-order valence-electron chi connectivity index (χ3n) is 5.05. The number of hydrogen-bond acceptors (Lipinski definition) is 3. The Hall–Kier alpha value is -2.26. The van der Waals surface area contributed by atoms with Crippen LogP contribution in [0.5, 0.6) is 0 Å². The van der Waals surface area contributed by atoms with Crippen molar-refractivity contribution in [3.8, 4) is 11.1 Å². The van der Waals surface area contributed by atoms with Gasteiger partial charge in [-0.15, -0.1) is 0 Å². The number of rotatable bonds is 4. The zero-order valence-corrected chi connectivity index (χ0v) is 15.2. The summed E-state index contributed by atoms with van der Waals surface area (Å²) in [5.74, 6) is 0. The lowest BCUT2D eigenvalue weighted by Crippen LogP contribution is -2.53. The van der Waals surface area contributed by atoms with E-state index in [1.165, 1.54) is 0 Å². The highest BCUT2D eigenvalue weighted by atomic mass is 19.4. The second-order valence-electron chi connectivity index (χ2n) is 7.03. The van der Waals surface area contributed by atoms with Gasteiger partial charge in [0, 0.05) is 17.3 Å². The van der Waals surface area contributed by atoms with E-state index in [1.54, 1.807) is 12.1 Å². The Balaban J connectivity index is 1.79. The summed E-state index contributed by atoms with van der Waals surface area (Å²) in [6, 6.07) is 11.0. The van der Waals surface area contributed by atoms with Gasteiger partial charge in [0.05, 0.1) is 0 Å². The fraction of sp³-hybridized carbons (Fsp3) is 0.400. The van der Waals surface area contributed by atoms with Crippen LogP contribution < -0.4 is 10.6 Å². The Bertz CT molecular complexity index is 795. The van der Waals surface area contributed by atoms with Gasteiger partial charge in [-0.25, -0.2) is 0 Å². The first-order valence-electron chi connectivity index (χ1n) is 9.06. The van der Waals surface area contributed by atoms with Crippen LogP contribution in [-0.2, 0) is 5.60 Å². The topological polar surface area (TPSA) is 44.3 Å². The largest absolute Gasteiger partial charge is 0.430 e. The van der Waals surface area contributed by atoms with Crippen molar-refractivity contribution in [3.05, 3.63) is 54.1 Å². The standard InChI is InChI=1S/C20H20F6N2O/c21-19(22,23)18(29,20(24,25)26)15-5-1-13(2-6-15)14-3-7-16(8-4-14)28-17-9-11-27-12-10-17/h1-8,17,27-29H,9-12H2. The fourth-order valence-corrected chi connectivity index (χ4v) is 3.35. The molecule has 1 saturated heterocycles. The fourth-order valence-electron chi connectivity index (χ4n) is 3.35. The Morgan fingerprint density at radius 2 is 1.21 bits per heavy atom. The van der Waals surface area contributed by atoms with Crippen LogP contribution in [0, 0.1) is 0 Å². The first-order valence-corrected chi connectivity index (χ1v) is 9.06. The SMILES string of the molecule is OC(c1ccc(-c2ccc(NC3CCNCC3)cc2)cc1)(C(F)(F)F)C(F)(F)F. The van der Waals surface area contributed by atoms with Crippen molar-refractivity contribution >= 4 is 5.69 Å². The summed E-state index contributed by atoms with van der Waals surface area (Å²) in [5.41, 5.74) is -4.23. The highest BCUT2D eigenvalue weighted by Gasteiger charge is 2.71. The van der Waals surface area contributed by atoms with Crippen LogP contribution in [0.1, 0.15) is 18.4 Å². The second-order valence-corrected chi connectivity index (χ2v) is 7.03. The number of halogens is 6. The molecule has 2 aromatic carbocycles. The Kier molecular flexibility index (Phi) is 5.82.